The van der Waals surface area contributed by atoms with Gasteiger partial charge in [-0.15, -0.1) is 0 Å². The van der Waals surface area contributed by atoms with Crippen molar-refractivity contribution in [3.63, 3.8) is 0 Å². The van der Waals surface area contributed by atoms with Crippen molar-refractivity contribution in [1.82, 2.24) is 0 Å². The molecule has 0 spiro atoms. The molecule has 1 atom stereocenters. The van der Waals surface area contributed by atoms with Crippen molar-refractivity contribution in [2.24, 2.45) is 5.16 Å². The zero-order valence-electron chi connectivity index (χ0n) is 18.6. The predicted molar refractivity (Wildman–Crippen MR) is 123 cm³/mol. The van der Waals surface area contributed by atoms with E-state index in [0.717, 1.165) is 11.1 Å². The minimum atomic E-state index is -0.862. The van der Waals surface area contributed by atoms with Crippen molar-refractivity contribution in [2.75, 3.05) is 20.3 Å². The van der Waals surface area contributed by atoms with Gasteiger partial charge in [0.15, 0.2) is 11.6 Å². The van der Waals surface area contributed by atoms with E-state index in [2.05, 4.69) is 5.16 Å². The van der Waals surface area contributed by atoms with E-state index in [0.29, 0.717) is 29.4 Å². The fourth-order valence-corrected chi connectivity index (χ4v) is 3.69. The third-order valence-corrected chi connectivity index (χ3v) is 5.36. The van der Waals surface area contributed by atoms with Crippen molar-refractivity contribution in [1.29, 1.82) is 0 Å². The number of carboxylic acid groups (broad SMARTS) is 1. The van der Waals surface area contributed by atoms with E-state index >= 15 is 0 Å². The van der Waals surface area contributed by atoms with E-state index in [1.54, 1.807) is 24.3 Å². The van der Waals surface area contributed by atoms with Crippen LogP contribution in [0.1, 0.15) is 29.0 Å². The number of ether oxygens (including phenoxy) is 3. The average molecular weight is 465 g/mol. The monoisotopic (exact) mass is 465 g/mol. The van der Waals surface area contributed by atoms with Crippen LogP contribution < -0.4 is 14.2 Å². The molecule has 0 saturated carbocycles. The number of fused-ring (bicyclic) bond motifs is 1. The van der Waals surface area contributed by atoms with E-state index in [1.165, 1.54) is 13.2 Å². The first kappa shape index (κ1) is 23.1. The molecule has 3 aromatic rings. The van der Waals surface area contributed by atoms with Gasteiger partial charge in [0, 0.05) is 23.1 Å². The highest BCUT2D eigenvalue weighted by molar-refractivity contribution is 6.01. The molecule has 3 aromatic carbocycles. The summed E-state index contributed by atoms with van der Waals surface area (Å²) >= 11 is 0. The molecule has 1 aliphatic rings. The van der Waals surface area contributed by atoms with Crippen LogP contribution in [0.2, 0.25) is 0 Å². The van der Waals surface area contributed by atoms with Crippen LogP contribution in [0.5, 0.6) is 17.2 Å². The van der Waals surface area contributed by atoms with Gasteiger partial charge in [-0.2, -0.15) is 0 Å². The van der Waals surface area contributed by atoms with Crippen LogP contribution >= 0.6 is 0 Å². The Morgan fingerprint density at radius 1 is 1.12 bits per heavy atom. The van der Waals surface area contributed by atoms with Crippen LogP contribution in [0, 0.1) is 5.82 Å². The summed E-state index contributed by atoms with van der Waals surface area (Å²) in [4.78, 5) is 15.9. The number of carbonyl (C=O) groups is 1. The number of oxime groups is 1. The lowest BCUT2D eigenvalue weighted by Gasteiger charge is -2.12. The summed E-state index contributed by atoms with van der Waals surface area (Å²) < 4.78 is 31.6. The molecule has 7 nitrogen and oxygen atoms in total. The number of nitrogens with zero attached hydrogens (tertiary/aromatic N) is 1. The van der Waals surface area contributed by atoms with Crippen LogP contribution in [-0.2, 0) is 16.2 Å². The number of hydrogen-bond donors (Lipinski definition) is 1. The molecule has 1 aliphatic heterocycles. The molecular formula is C26H24FNO6. The summed E-state index contributed by atoms with van der Waals surface area (Å²) in [5, 5.41) is 13.0. The zero-order valence-corrected chi connectivity index (χ0v) is 18.6. The molecule has 1 unspecified atom stereocenters. The Kier molecular flexibility index (Phi) is 7.27. The molecule has 176 valence electrons. The second-order valence-electron chi connectivity index (χ2n) is 7.73. The Bertz CT molecular complexity index is 1180. The average Bonchev–Trinajstić information content (AvgIpc) is 3.23. The lowest BCUT2D eigenvalue weighted by molar-refractivity contribution is -0.137. The largest absolute Gasteiger partial charge is 0.492 e. The van der Waals surface area contributed by atoms with Crippen molar-refractivity contribution >= 4 is 11.7 Å². The van der Waals surface area contributed by atoms with Gasteiger partial charge in [-0.05, 0) is 23.8 Å². The number of rotatable bonds is 10. The van der Waals surface area contributed by atoms with Crippen LogP contribution in [0.4, 0.5) is 4.39 Å². The molecule has 1 N–H and O–H groups in total. The molecule has 0 aromatic heterocycles. The number of benzene rings is 3. The van der Waals surface area contributed by atoms with Crippen LogP contribution in [0.25, 0.3) is 0 Å². The first-order chi connectivity index (χ1) is 16.5. The van der Waals surface area contributed by atoms with Gasteiger partial charge < -0.3 is 24.2 Å². The van der Waals surface area contributed by atoms with Gasteiger partial charge in [-0.1, -0.05) is 47.6 Å². The Morgan fingerprint density at radius 3 is 2.68 bits per heavy atom. The van der Waals surface area contributed by atoms with Gasteiger partial charge >= 0.3 is 5.97 Å². The Morgan fingerprint density at radius 2 is 1.94 bits per heavy atom. The summed E-state index contributed by atoms with van der Waals surface area (Å²) in [6.07, 6.45) is 0.0189. The molecule has 8 heteroatoms. The second-order valence-corrected chi connectivity index (χ2v) is 7.73. The molecule has 34 heavy (non-hydrogen) atoms. The predicted octanol–water partition coefficient (Wildman–Crippen LogP) is 4.78. The van der Waals surface area contributed by atoms with Gasteiger partial charge in [0.1, 0.15) is 37.5 Å². The number of carboxylic acids is 1. The van der Waals surface area contributed by atoms with Gasteiger partial charge in [-0.3, -0.25) is 4.79 Å². The highest BCUT2D eigenvalue weighted by atomic mass is 19.1. The SMILES string of the molecule is CON=C(COc1ccc(COc2ccc3c(c2)OCC3CC(=O)O)cc1F)c1ccccc1. The molecule has 0 saturated heterocycles. The maximum atomic E-state index is 14.6. The number of halogens is 1. The van der Waals surface area contributed by atoms with E-state index in [1.807, 2.05) is 36.4 Å². The van der Waals surface area contributed by atoms with E-state index in [4.69, 9.17) is 24.2 Å². The number of hydrogen-bond acceptors (Lipinski definition) is 6. The fourth-order valence-electron chi connectivity index (χ4n) is 3.69. The molecule has 0 aliphatic carbocycles. The smallest absolute Gasteiger partial charge is 0.304 e. The van der Waals surface area contributed by atoms with Crippen LogP contribution in [0.3, 0.4) is 0 Å². The Hall–Kier alpha value is -4.07. The topological polar surface area (TPSA) is 86.6 Å². The lowest BCUT2D eigenvalue weighted by atomic mass is 9.98. The minimum Gasteiger partial charge on any atom is -0.492 e. The highest BCUT2D eigenvalue weighted by Crippen LogP contribution is 2.38. The van der Waals surface area contributed by atoms with Gasteiger partial charge in [0.25, 0.3) is 0 Å². The number of aliphatic carboxylic acids is 1. The molecule has 0 fully saturated rings. The Labute approximate surface area is 196 Å². The van der Waals surface area contributed by atoms with Gasteiger partial charge in [0.05, 0.1) is 13.0 Å². The van der Waals surface area contributed by atoms with Gasteiger partial charge in [-0.25, -0.2) is 4.39 Å². The summed E-state index contributed by atoms with van der Waals surface area (Å²) in [5.41, 5.74) is 2.85. The van der Waals surface area contributed by atoms with Crippen molar-refractivity contribution in [2.45, 2.75) is 18.9 Å². The molecule has 0 radical (unpaired) electrons. The summed E-state index contributed by atoms with van der Waals surface area (Å²) in [7, 11) is 1.44. The first-order valence-electron chi connectivity index (χ1n) is 10.7. The third-order valence-electron chi connectivity index (χ3n) is 5.36. The molecular weight excluding hydrogens is 441 g/mol. The molecule has 1 heterocycles. The van der Waals surface area contributed by atoms with Crippen molar-refractivity contribution in [3.8, 4) is 17.2 Å². The van der Waals surface area contributed by atoms with Gasteiger partial charge in [0.2, 0.25) is 0 Å². The van der Waals surface area contributed by atoms with Crippen LogP contribution in [0.15, 0.2) is 71.9 Å². The van der Waals surface area contributed by atoms with E-state index < -0.39 is 11.8 Å². The van der Waals surface area contributed by atoms with E-state index in [-0.39, 0.29) is 31.3 Å². The van der Waals surface area contributed by atoms with Crippen molar-refractivity contribution < 1.29 is 33.3 Å². The second kappa shape index (κ2) is 10.7. The van der Waals surface area contributed by atoms with E-state index in [9.17, 15) is 9.18 Å². The first-order valence-corrected chi connectivity index (χ1v) is 10.7. The highest BCUT2D eigenvalue weighted by Gasteiger charge is 2.26. The summed E-state index contributed by atoms with van der Waals surface area (Å²) in [5.74, 6) is -0.277. The summed E-state index contributed by atoms with van der Waals surface area (Å²) in [6, 6.07) is 19.3. The normalized spacial score (nSPS) is 14.8. The summed E-state index contributed by atoms with van der Waals surface area (Å²) in [6.45, 7) is 0.524. The Balaban J connectivity index is 1.36. The lowest BCUT2D eigenvalue weighted by Crippen LogP contribution is -2.14. The minimum absolute atomic E-state index is 0.0189. The fraction of sp³-hybridized carbons (Fsp3) is 0.231. The molecule has 4 rings (SSSR count). The molecule has 0 amide bonds. The maximum Gasteiger partial charge on any atom is 0.304 e. The van der Waals surface area contributed by atoms with Crippen molar-refractivity contribution in [3.05, 3.63) is 89.2 Å². The maximum absolute atomic E-state index is 14.6. The van der Waals surface area contributed by atoms with Crippen LogP contribution in [-0.4, -0.2) is 37.1 Å². The standard InChI is InChI=1S/C26H24FNO6/c1-31-28-23(18-5-3-2-4-6-18)16-34-24-10-7-17(11-22(24)27)14-32-20-8-9-21-19(12-26(29)30)15-33-25(21)13-20/h2-11,13,19H,12,14-16H2,1H3,(H,29,30). The molecule has 0 bridgehead atoms. The zero-order chi connectivity index (χ0) is 23.9. The third kappa shape index (κ3) is 5.64. The quantitative estimate of drug-likeness (QED) is 0.342.